The molecule has 0 fully saturated rings. The van der Waals surface area contributed by atoms with Crippen molar-refractivity contribution in [2.45, 2.75) is 131 Å². The molecule has 0 heterocycles. The average Bonchev–Trinajstić information content (AvgIpc) is 2.86. The van der Waals surface area contributed by atoms with E-state index >= 15 is 0 Å². The van der Waals surface area contributed by atoms with Gasteiger partial charge in [-0.1, -0.05) is 94.6 Å². The highest BCUT2D eigenvalue weighted by atomic mass is 16.6. The number of ether oxygens (including phenoxy) is 3. The van der Waals surface area contributed by atoms with Crippen LogP contribution < -0.4 is 0 Å². The molecule has 0 radical (unpaired) electrons. The molecule has 0 saturated carbocycles. The number of rotatable bonds is 20. The third-order valence-corrected chi connectivity index (χ3v) is 6.01. The predicted octanol–water partition coefficient (Wildman–Crippen LogP) is 7.96. The predicted molar refractivity (Wildman–Crippen MR) is 158 cm³/mol. The van der Waals surface area contributed by atoms with E-state index in [1.807, 2.05) is 32.9 Å². The van der Waals surface area contributed by atoms with Crippen molar-refractivity contribution >= 4 is 17.9 Å². The van der Waals surface area contributed by atoms with Crippen molar-refractivity contribution in [2.24, 2.45) is 0 Å². The van der Waals surface area contributed by atoms with E-state index in [0.29, 0.717) is 18.4 Å². The molecule has 220 valence electrons. The summed E-state index contributed by atoms with van der Waals surface area (Å²) in [6.45, 7) is 10.7. The number of allylic oxidation sites excluding steroid dienone is 3. The van der Waals surface area contributed by atoms with Crippen LogP contribution in [0, 0.1) is 11.8 Å². The first-order valence-corrected chi connectivity index (χ1v) is 14.6. The molecule has 0 bridgehead atoms. The van der Waals surface area contributed by atoms with Gasteiger partial charge in [-0.25, -0.2) is 0 Å². The van der Waals surface area contributed by atoms with E-state index in [1.165, 1.54) is 65.2 Å². The lowest BCUT2D eigenvalue weighted by Crippen LogP contribution is -2.23. The zero-order valence-corrected chi connectivity index (χ0v) is 25.4. The zero-order chi connectivity index (χ0) is 29.3. The van der Waals surface area contributed by atoms with E-state index in [9.17, 15) is 14.4 Å². The Hall–Kier alpha value is -2.81. The molecule has 0 spiro atoms. The molecule has 0 saturated heterocycles. The van der Waals surface area contributed by atoms with Crippen LogP contribution in [-0.4, -0.2) is 37.2 Å². The topological polar surface area (TPSA) is 78.9 Å². The van der Waals surface area contributed by atoms with Crippen LogP contribution in [-0.2, 0) is 28.6 Å². The molecular formula is C33H52O6. The third-order valence-electron chi connectivity index (χ3n) is 6.01. The number of esters is 3. The molecule has 0 aromatic heterocycles. The van der Waals surface area contributed by atoms with Gasteiger partial charge in [0, 0.05) is 32.3 Å². The Morgan fingerprint density at radius 2 is 1.33 bits per heavy atom. The molecule has 39 heavy (non-hydrogen) atoms. The first-order valence-electron chi connectivity index (χ1n) is 14.6. The number of carbonyl (C=O) groups is 3. The number of hydrogen-bond acceptors (Lipinski definition) is 6. The molecule has 0 amide bonds. The largest absolute Gasteiger partial charge is 0.461 e. The normalized spacial score (nSPS) is 12.2. The Morgan fingerprint density at radius 1 is 0.744 bits per heavy atom. The Morgan fingerprint density at radius 3 is 1.87 bits per heavy atom. The molecule has 1 unspecified atom stereocenters. The maximum Gasteiger partial charge on any atom is 0.306 e. The van der Waals surface area contributed by atoms with Crippen LogP contribution in [0.5, 0.6) is 0 Å². The molecule has 0 aliphatic rings. The first kappa shape index (κ1) is 36.2. The van der Waals surface area contributed by atoms with Crippen molar-refractivity contribution in [3.05, 3.63) is 34.9 Å². The minimum Gasteiger partial charge on any atom is -0.461 e. The lowest BCUT2D eigenvalue weighted by atomic mass is 10.0. The van der Waals surface area contributed by atoms with Gasteiger partial charge < -0.3 is 14.2 Å². The van der Waals surface area contributed by atoms with Crippen molar-refractivity contribution in [3.63, 3.8) is 0 Å². The van der Waals surface area contributed by atoms with Gasteiger partial charge in [-0.2, -0.15) is 0 Å². The van der Waals surface area contributed by atoms with Crippen LogP contribution in [0.25, 0.3) is 0 Å². The van der Waals surface area contributed by atoms with E-state index < -0.39 is 18.0 Å². The molecule has 0 rings (SSSR count). The molecule has 0 N–H and O–H groups in total. The van der Waals surface area contributed by atoms with E-state index in [4.69, 9.17) is 14.2 Å². The average molecular weight is 545 g/mol. The van der Waals surface area contributed by atoms with Crippen molar-refractivity contribution in [1.82, 2.24) is 0 Å². The van der Waals surface area contributed by atoms with E-state index in [1.54, 1.807) is 6.08 Å². The van der Waals surface area contributed by atoms with Gasteiger partial charge in [0.2, 0.25) is 0 Å². The Balaban J connectivity index is 4.76. The summed E-state index contributed by atoms with van der Waals surface area (Å²) in [6.07, 6.45) is 18.9. The highest BCUT2D eigenvalue weighted by Crippen LogP contribution is 2.16. The summed E-state index contributed by atoms with van der Waals surface area (Å²) in [5.74, 6) is 4.85. The fraction of sp³-hybridized carbons (Fsp3) is 0.667. The minimum absolute atomic E-state index is 0.0221. The van der Waals surface area contributed by atoms with Gasteiger partial charge in [0.15, 0.2) is 0 Å². The summed E-state index contributed by atoms with van der Waals surface area (Å²) in [5.41, 5.74) is 2.50. The molecule has 0 aromatic carbocycles. The molecule has 1 atom stereocenters. The summed E-state index contributed by atoms with van der Waals surface area (Å²) in [6, 6.07) is 0. The van der Waals surface area contributed by atoms with Crippen molar-refractivity contribution in [3.8, 4) is 11.8 Å². The van der Waals surface area contributed by atoms with Crippen molar-refractivity contribution in [1.29, 1.82) is 0 Å². The third kappa shape index (κ3) is 24.0. The van der Waals surface area contributed by atoms with Gasteiger partial charge in [0.05, 0.1) is 0 Å². The monoisotopic (exact) mass is 544 g/mol. The Labute approximate surface area is 237 Å². The lowest BCUT2D eigenvalue weighted by molar-refractivity contribution is -0.146. The summed E-state index contributed by atoms with van der Waals surface area (Å²) >= 11 is 0. The molecular weight excluding hydrogens is 492 g/mol. The SMILES string of the molecule is CCCCCCCCCCCCCC(=O)OCC=C(COC(C)=O)C(CC=C(C)C#CC=C(C)C)OC(C)=O. The first-order chi connectivity index (χ1) is 18.6. The summed E-state index contributed by atoms with van der Waals surface area (Å²) in [4.78, 5) is 35.4. The van der Waals surface area contributed by atoms with Crippen LogP contribution in [0.3, 0.4) is 0 Å². The quantitative estimate of drug-likeness (QED) is 0.0509. The van der Waals surface area contributed by atoms with E-state index in [-0.39, 0.29) is 19.2 Å². The van der Waals surface area contributed by atoms with Crippen molar-refractivity contribution in [2.75, 3.05) is 13.2 Å². The number of carbonyl (C=O) groups excluding carboxylic acids is 3. The van der Waals surface area contributed by atoms with E-state index in [2.05, 4.69) is 18.8 Å². The number of hydrogen-bond donors (Lipinski definition) is 0. The lowest BCUT2D eigenvalue weighted by Gasteiger charge is -2.19. The zero-order valence-electron chi connectivity index (χ0n) is 25.4. The molecule has 0 aromatic rings. The van der Waals surface area contributed by atoms with Crippen LogP contribution in [0.2, 0.25) is 0 Å². The standard InChI is InChI=1S/C33H52O6/c1-7-8-9-10-11-12-13-14-15-16-17-21-33(36)37-25-24-31(26-38-29(5)34)32(39-30(6)35)23-22-28(4)20-18-19-27(2)3/h19,22,24,32H,7-17,21,23,25-26H2,1-6H3. The second-order valence-corrected chi connectivity index (χ2v) is 10.2. The van der Waals surface area contributed by atoms with Crippen LogP contribution in [0.15, 0.2) is 34.9 Å². The Kier molecular flexibility index (Phi) is 22.5. The second kappa shape index (κ2) is 24.2. The fourth-order valence-corrected chi connectivity index (χ4v) is 3.82. The fourth-order valence-electron chi connectivity index (χ4n) is 3.82. The number of unbranched alkanes of at least 4 members (excludes halogenated alkanes) is 10. The maximum absolute atomic E-state index is 12.2. The summed E-state index contributed by atoms with van der Waals surface area (Å²) in [7, 11) is 0. The van der Waals surface area contributed by atoms with Crippen LogP contribution >= 0.6 is 0 Å². The smallest absolute Gasteiger partial charge is 0.306 e. The minimum atomic E-state index is -0.660. The highest BCUT2D eigenvalue weighted by molar-refractivity contribution is 5.69. The summed E-state index contributed by atoms with van der Waals surface area (Å²) < 4.78 is 16.1. The van der Waals surface area contributed by atoms with Crippen LogP contribution in [0.4, 0.5) is 0 Å². The van der Waals surface area contributed by atoms with Gasteiger partial charge in [0.25, 0.3) is 0 Å². The summed E-state index contributed by atoms with van der Waals surface area (Å²) in [5, 5.41) is 0. The van der Waals surface area contributed by atoms with Gasteiger partial charge in [0.1, 0.15) is 19.3 Å². The Bertz CT molecular complexity index is 864. The molecule has 0 aliphatic heterocycles. The molecule has 6 nitrogen and oxygen atoms in total. The molecule has 6 heteroatoms. The molecule has 0 aliphatic carbocycles. The van der Waals surface area contributed by atoms with Gasteiger partial charge >= 0.3 is 17.9 Å². The van der Waals surface area contributed by atoms with Crippen LogP contribution in [0.1, 0.15) is 125 Å². The van der Waals surface area contributed by atoms with E-state index in [0.717, 1.165) is 30.4 Å². The van der Waals surface area contributed by atoms with Gasteiger partial charge in [-0.3, -0.25) is 14.4 Å². The van der Waals surface area contributed by atoms with Crippen molar-refractivity contribution < 1.29 is 28.6 Å². The maximum atomic E-state index is 12.2. The second-order valence-electron chi connectivity index (χ2n) is 10.2. The van der Waals surface area contributed by atoms with Gasteiger partial charge in [-0.05, 0) is 44.9 Å². The van der Waals surface area contributed by atoms with Gasteiger partial charge in [-0.15, -0.1) is 0 Å². The highest BCUT2D eigenvalue weighted by Gasteiger charge is 2.18.